The Hall–Kier alpha value is -2.63. The lowest BCUT2D eigenvalue weighted by Gasteiger charge is -2.10. The quantitative estimate of drug-likeness (QED) is 0.769. The Morgan fingerprint density at radius 2 is 2.09 bits per heavy atom. The van der Waals surface area contributed by atoms with E-state index in [1.54, 1.807) is 25.3 Å². The Balaban J connectivity index is 2.07. The Morgan fingerprint density at radius 3 is 2.86 bits per heavy atom. The second kappa shape index (κ2) is 7.97. The molecule has 0 radical (unpaired) electrons. The standard InChI is InChI=1S/C16H20N4O2/c1-3-4-9-17-15-10-13(18-11-19-15)16(21)20-12-7-5-6-8-14(12)22-2/h5-8,10-11H,3-4,9H2,1-2H3,(H,20,21)(H,17,18,19). The molecule has 1 amide bonds. The first-order valence-corrected chi connectivity index (χ1v) is 7.25. The van der Waals surface area contributed by atoms with Crippen LogP contribution in [0.1, 0.15) is 30.3 Å². The van der Waals surface area contributed by atoms with Gasteiger partial charge in [-0.15, -0.1) is 0 Å². The van der Waals surface area contributed by atoms with Crippen LogP contribution in [0.4, 0.5) is 11.5 Å². The van der Waals surface area contributed by atoms with E-state index in [0.29, 0.717) is 22.9 Å². The molecule has 1 heterocycles. The molecule has 6 nitrogen and oxygen atoms in total. The second-order valence-electron chi connectivity index (χ2n) is 4.72. The van der Waals surface area contributed by atoms with Gasteiger partial charge in [0.25, 0.3) is 5.91 Å². The van der Waals surface area contributed by atoms with E-state index in [1.165, 1.54) is 6.33 Å². The van der Waals surface area contributed by atoms with Crippen LogP contribution in [0.2, 0.25) is 0 Å². The summed E-state index contributed by atoms with van der Waals surface area (Å²) in [6, 6.07) is 8.87. The summed E-state index contributed by atoms with van der Waals surface area (Å²) in [6.45, 7) is 2.94. The molecule has 22 heavy (non-hydrogen) atoms. The number of amides is 1. The molecule has 0 aliphatic rings. The molecule has 0 fully saturated rings. The molecule has 0 saturated heterocycles. The van der Waals surface area contributed by atoms with Gasteiger partial charge >= 0.3 is 0 Å². The average molecular weight is 300 g/mol. The maximum Gasteiger partial charge on any atom is 0.274 e. The number of anilines is 2. The Labute approximate surface area is 129 Å². The summed E-state index contributed by atoms with van der Waals surface area (Å²) in [5.74, 6) is 0.949. The number of hydrogen-bond donors (Lipinski definition) is 2. The van der Waals surface area contributed by atoms with Crippen molar-refractivity contribution in [2.45, 2.75) is 19.8 Å². The van der Waals surface area contributed by atoms with Crippen LogP contribution >= 0.6 is 0 Å². The molecule has 0 aliphatic carbocycles. The van der Waals surface area contributed by atoms with Crippen LogP contribution in [0.25, 0.3) is 0 Å². The van der Waals surface area contributed by atoms with E-state index < -0.39 is 0 Å². The topological polar surface area (TPSA) is 76.1 Å². The van der Waals surface area contributed by atoms with Crippen molar-refractivity contribution in [1.82, 2.24) is 9.97 Å². The van der Waals surface area contributed by atoms with Crippen LogP contribution in [0.3, 0.4) is 0 Å². The zero-order valence-corrected chi connectivity index (χ0v) is 12.8. The maximum atomic E-state index is 12.3. The van der Waals surface area contributed by atoms with Crippen molar-refractivity contribution in [3.05, 3.63) is 42.4 Å². The van der Waals surface area contributed by atoms with E-state index in [1.807, 2.05) is 12.1 Å². The molecule has 6 heteroatoms. The summed E-state index contributed by atoms with van der Waals surface area (Å²) in [5.41, 5.74) is 0.911. The molecule has 0 spiro atoms. The van der Waals surface area contributed by atoms with Gasteiger partial charge in [0.1, 0.15) is 23.6 Å². The van der Waals surface area contributed by atoms with Gasteiger partial charge in [0.15, 0.2) is 0 Å². The molecule has 2 N–H and O–H groups in total. The van der Waals surface area contributed by atoms with Crippen LogP contribution in [0.5, 0.6) is 5.75 Å². The molecule has 0 aliphatic heterocycles. The monoisotopic (exact) mass is 300 g/mol. The summed E-state index contributed by atoms with van der Waals surface area (Å²) in [5, 5.41) is 5.96. The lowest BCUT2D eigenvalue weighted by molar-refractivity contribution is 0.102. The highest BCUT2D eigenvalue weighted by Gasteiger charge is 2.11. The summed E-state index contributed by atoms with van der Waals surface area (Å²) < 4.78 is 5.21. The normalized spacial score (nSPS) is 10.1. The number of rotatable bonds is 7. The van der Waals surface area contributed by atoms with Crippen molar-refractivity contribution in [3.8, 4) is 5.75 Å². The van der Waals surface area contributed by atoms with Crippen LogP contribution in [0.15, 0.2) is 36.7 Å². The zero-order valence-electron chi connectivity index (χ0n) is 12.8. The summed E-state index contributed by atoms with van der Waals surface area (Å²) in [7, 11) is 1.56. The second-order valence-corrected chi connectivity index (χ2v) is 4.72. The van der Waals surface area contributed by atoms with Gasteiger partial charge in [-0.1, -0.05) is 25.5 Å². The Morgan fingerprint density at radius 1 is 1.27 bits per heavy atom. The van der Waals surface area contributed by atoms with Gasteiger partial charge in [-0.25, -0.2) is 9.97 Å². The van der Waals surface area contributed by atoms with E-state index in [-0.39, 0.29) is 5.91 Å². The van der Waals surface area contributed by atoms with Gasteiger partial charge < -0.3 is 15.4 Å². The number of para-hydroxylation sites is 2. The summed E-state index contributed by atoms with van der Waals surface area (Å²) in [6.07, 6.45) is 3.53. The number of ether oxygens (including phenoxy) is 1. The first-order valence-electron chi connectivity index (χ1n) is 7.25. The maximum absolute atomic E-state index is 12.3. The predicted octanol–water partition coefficient (Wildman–Crippen LogP) is 2.95. The Bertz CT molecular complexity index is 631. The van der Waals surface area contributed by atoms with E-state index >= 15 is 0 Å². The van der Waals surface area contributed by atoms with Gasteiger partial charge in [0.2, 0.25) is 0 Å². The summed E-state index contributed by atoms with van der Waals surface area (Å²) >= 11 is 0. The highest BCUT2D eigenvalue weighted by atomic mass is 16.5. The minimum atomic E-state index is -0.301. The lowest BCUT2D eigenvalue weighted by atomic mass is 10.2. The predicted molar refractivity (Wildman–Crippen MR) is 86.4 cm³/mol. The molecule has 1 aromatic heterocycles. The number of benzene rings is 1. The van der Waals surface area contributed by atoms with Crippen LogP contribution in [-0.4, -0.2) is 29.5 Å². The van der Waals surface area contributed by atoms with Crippen molar-refractivity contribution >= 4 is 17.4 Å². The van der Waals surface area contributed by atoms with Crippen LogP contribution in [-0.2, 0) is 0 Å². The zero-order chi connectivity index (χ0) is 15.8. The molecule has 0 unspecified atom stereocenters. The largest absolute Gasteiger partial charge is 0.495 e. The number of methoxy groups -OCH3 is 1. The fourth-order valence-electron chi connectivity index (χ4n) is 1.91. The van der Waals surface area contributed by atoms with Crippen molar-refractivity contribution < 1.29 is 9.53 Å². The molecular weight excluding hydrogens is 280 g/mol. The third-order valence-electron chi connectivity index (χ3n) is 3.09. The van der Waals surface area contributed by atoms with Gasteiger partial charge in [-0.3, -0.25) is 4.79 Å². The number of carbonyl (C=O) groups is 1. The van der Waals surface area contributed by atoms with E-state index in [2.05, 4.69) is 27.5 Å². The molecule has 116 valence electrons. The third-order valence-corrected chi connectivity index (χ3v) is 3.09. The van der Waals surface area contributed by atoms with Crippen molar-refractivity contribution in [2.24, 2.45) is 0 Å². The average Bonchev–Trinajstić information content (AvgIpc) is 2.56. The SMILES string of the molecule is CCCCNc1cc(C(=O)Nc2ccccc2OC)ncn1. The number of hydrogen-bond acceptors (Lipinski definition) is 5. The third kappa shape index (κ3) is 4.18. The smallest absolute Gasteiger partial charge is 0.274 e. The molecule has 2 rings (SSSR count). The first kappa shape index (κ1) is 15.8. The number of nitrogens with one attached hydrogen (secondary N) is 2. The number of aromatic nitrogens is 2. The molecule has 2 aromatic rings. The van der Waals surface area contributed by atoms with Gasteiger partial charge in [-0.2, -0.15) is 0 Å². The molecule has 1 aromatic carbocycles. The number of carbonyl (C=O) groups excluding carboxylic acids is 1. The van der Waals surface area contributed by atoms with Crippen molar-refractivity contribution in [3.63, 3.8) is 0 Å². The molecule has 0 atom stereocenters. The highest BCUT2D eigenvalue weighted by Crippen LogP contribution is 2.23. The fraction of sp³-hybridized carbons (Fsp3) is 0.312. The minimum absolute atomic E-state index is 0.301. The van der Waals surface area contributed by atoms with E-state index in [9.17, 15) is 4.79 Å². The summed E-state index contributed by atoms with van der Waals surface area (Å²) in [4.78, 5) is 20.4. The van der Waals surface area contributed by atoms with Gasteiger partial charge in [0.05, 0.1) is 12.8 Å². The minimum Gasteiger partial charge on any atom is -0.495 e. The number of unbranched alkanes of at least 4 members (excludes halogenated alkanes) is 1. The van der Waals surface area contributed by atoms with Crippen molar-refractivity contribution in [1.29, 1.82) is 0 Å². The van der Waals surface area contributed by atoms with E-state index in [0.717, 1.165) is 19.4 Å². The number of nitrogens with zero attached hydrogens (tertiary/aromatic N) is 2. The van der Waals surface area contributed by atoms with Crippen LogP contribution < -0.4 is 15.4 Å². The van der Waals surface area contributed by atoms with Gasteiger partial charge in [0, 0.05) is 12.6 Å². The van der Waals surface area contributed by atoms with Gasteiger partial charge in [-0.05, 0) is 18.6 Å². The molecular formula is C16H20N4O2. The lowest BCUT2D eigenvalue weighted by Crippen LogP contribution is -2.15. The van der Waals surface area contributed by atoms with Crippen LogP contribution in [0, 0.1) is 0 Å². The highest BCUT2D eigenvalue weighted by molar-refractivity contribution is 6.04. The van der Waals surface area contributed by atoms with Crippen molar-refractivity contribution in [2.75, 3.05) is 24.3 Å². The molecule has 0 bridgehead atoms. The van der Waals surface area contributed by atoms with E-state index in [4.69, 9.17) is 4.74 Å². The molecule has 0 saturated carbocycles. The Kier molecular flexibility index (Phi) is 5.71. The fourth-order valence-corrected chi connectivity index (χ4v) is 1.91. The first-order chi connectivity index (χ1) is 10.7.